The predicted octanol–water partition coefficient (Wildman–Crippen LogP) is 3.62. The molecule has 4 rings (SSSR count). The van der Waals surface area contributed by atoms with Crippen LogP contribution in [0.4, 0.5) is 0 Å². The molecule has 35 heavy (non-hydrogen) atoms. The van der Waals surface area contributed by atoms with Gasteiger partial charge in [-0.2, -0.15) is 0 Å². The smallest absolute Gasteiger partial charge is 0.231 e. The number of nitrogens with zero attached hydrogens (tertiary/aromatic N) is 1. The number of ether oxygens (including phenoxy) is 2. The minimum atomic E-state index is -0.362. The van der Waals surface area contributed by atoms with Gasteiger partial charge < -0.3 is 20.1 Å². The number of hydrogen-bond acceptors (Lipinski definition) is 5. The van der Waals surface area contributed by atoms with Gasteiger partial charge in [0.1, 0.15) is 5.75 Å². The molecule has 1 aromatic rings. The van der Waals surface area contributed by atoms with Crippen molar-refractivity contribution in [3.05, 3.63) is 29.8 Å². The molecule has 192 valence electrons. The summed E-state index contributed by atoms with van der Waals surface area (Å²) in [5.74, 6) is 0.752. The van der Waals surface area contributed by atoms with E-state index in [-0.39, 0.29) is 52.6 Å². The molecule has 1 aliphatic carbocycles. The largest absolute Gasteiger partial charge is 0.493 e. The molecule has 1 aromatic carbocycles. The van der Waals surface area contributed by atoms with Crippen LogP contribution in [0.3, 0.4) is 0 Å². The van der Waals surface area contributed by atoms with Crippen molar-refractivity contribution < 1.29 is 19.1 Å². The molecular weight excluding hydrogens is 444 g/mol. The van der Waals surface area contributed by atoms with Crippen LogP contribution in [0.25, 0.3) is 0 Å². The third-order valence-corrected chi connectivity index (χ3v) is 8.25. The van der Waals surface area contributed by atoms with E-state index in [1.165, 1.54) is 0 Å². The molecule has 3 aliphatic rings. The summed E-state index contributed by atoms with van der Waals surface area (Å²) in [7, 11) is 1.64. The van der Waals surface area contributed by atoms with E-state index in [0.717, 1.165) is 24.2 Å². The van der Waals surface area contributed by atoms with Gasteiger partial charge in [0.05, 0.1) is 19.1 Å². The van der Waals surface area contributed by atoms with Gasteiger partial charge in [-0.05, 0) is 37.7 Å². The first-order valence-corrected chi connectivity index (χ1v) is 12.9. The zero-order valence-electron chi connectivity index (χ0n) is 21.6. The van der Waals surface area contributed by atoms with E-state index in [4.69, 9.17) is 14.9 Å². The molecule has 0 radical (unpaired) electrons. The second-order valence-corrected chi connectivity index (χ2v) is 11.0. The van der Waals surface area contributed by atoms with E-state index in [9.17, 15) is 9.59 Å². The highest BCUT2D eigenvalue weighted by atomic mass is 16.5. The van der Waals surface area contributed by atoms with E-state index in [2.05, 4.69) is 24.5 Å². The summed E-state index contributed by atoms with van der Waals surface area (Å²) in [6.45, 7) is 9.30. The lowest BCUT2D eigenvalue weighted by molar-refractivity contribution is -0.134. The Labute approximate surface area is 208 Å². The Hall–Kier alpha value is -2.61. The average molecular weight is 485 g/mol. The number of benzene rings is 1. The summed E-state index contributed by atoms with van der Waals surface area (Å²) in [5.41, 5.74) is 0.388. The molecule has 4 atom stereocenters. The van der Waals surface area contributed by atoms with E-state index in [1.54, 1.807) is 12.0 Å². The molecule has 8 heteroatoms. The Morgan fingerprint density at radius 1 is 1.31 bits per heavy atom. The number of nitrogens with one attached hydrogen (secondary N) is 3. The van der Waals surface area contributed by atoms with Crippen LogP contribution in [0, 0.1) is 22.7 Å². The van der Waals surface area contributed by atoms with E-state index in [1.807, 2.05) is 38.1 Å². The Balaban J connectivity index is 1.49. The van der Waals surface area contributed by atoms with E-state index in [0.29, 0.717) is 32.5 Å². The summed E-state index contributed by atoms with van der Waals surface area (Å²) < 4.78 is 11.3. The maximum atomic E-state index is 13.4. The van der Waals surface area contributed by atoms with Crippen LogP contribution in [0.2, 0.25) is 0 Å². The molecule has 2 aliphatic heterocycles. The van der Waals surface area contributed by atoms with Gasteiger partial charge in [-0.3, -0.25) is 19.9 Å². The molecule has 0 aromatic heterocycles. The third-order valence-electron chi connectivity index (χ3n) is 8.25. The Kier molecular flexibility index (Phi) is 7.13. The lowest BCUT2D eigenvalue weighted by Crippen LogP contribution is -2.64. The van der Waals surface area contributed by atoms with Crippen LogP contribution in [0.15, 0.2) is 24.3 Å². The Bertz CT molecular complexity index is 954. The fourth-order valence-electron chi connectivity index (χ4n) is 5.74. The van der Waals surface area contributed by atoms with Gasteiger partial charge in [-0.1, -0.05) is 45.9 Å². The number of fused-ring (bicyclic) bond motifs is 1. The van der Waals surface area contributed by atoms with Crippen LogP contribution in [-0.2, 0) is 14.3 Å². The van der Waals surface area contributed by atoms with Gasteiger partial charge in [0.15, 0.2) is 5.96 Å². The zero-order valence-corrected chi connectivity index (χ0v) is 21.6. The average Bonchev–Trinajstić information content (AvgIpc) is 3.63. The number of carbonyl (C=O) groups excluding carboxylic acids is 2. The molecule has 0 spiro atoms. The third kappa shape index (κ3) is 4.90. The maximum absolute atomic E-state index is 13.4. The molecule has 1 saturated carbocycles. The van der Waals surface area contributed by atoms with Crippen molar-refractivity contribution in [2.75, 3.05) is 20.3 Å². The lowest BCUT2D eigenvalue weighted by atomic mass is 9.79. The first kappa shape index (κ1) is 25.5. The fourth-order valence-corrected chi connectivity index (χ4v) is 5.74. The first-order valence-electron chi connectivity index (χ1n) is 12.9. The molecule has 0 bridgehead atoms. The number of para-hydroxylation sites is 1. The summed E-state index contributed by atoms with van der Waals surface area (Å²) in [5, 5.41) is 15.3. The summed E-state index contributed by atoms with van der Waals surface area (Å²) in [6.07, 6.45) is 3.23. The lowest BCUT2D eigenvalue weighted by Gasteiger charge is -2.45. The summed E-state index contributed by atoms with van der Waals surface area (Å²) in [6, 6.07) is 7.48. The number of guanidine groups is 1. The number of rotatable bonds is 9. The van der Waals surface area contributed by atoms with Crippen molar-refractivity contribution in [2.24, 2.45) is 17.3 Å². The molecule has 2 fully saturated rings. The van der Waals surface area contributed by atoms with Crippen molar-refractivity contribution in [2.45, 2.75) is 77.4 Å². The van der Waals surface area contributed by atoms with Crippen molar-refractivity contribution in [3.8, 4) is 5.75 Å². The highest BCUT2D eigenvalue weighted by molar-refractivity contribution is 5.99. The van der Waals surface area contributed by atoms with Gasteiger partial charge in [-0.25, -0.2) is 0 Å². The molecule has 3 N–H and O–H groups in total. The molecule has 1 saturated heterocycles. The van der Waals surface area contributed by atoms with Crippen molar-refractivity contribution >= 4 is 17.8 Å². The number of amides is 2. The molecule has 1 unspecified atom stereocenters. The standard InChI is InChI=1S/C27H40N4O4/c1-6-27(7-2)15-22(32)31(25(28)30-27)20(12-13-34-5)18-14-19(18)24(33)29-23-17-10-8-9-11-21(17)35-16-26(23,3)4/h8-11,18-20,23H,6-7,12-16H2,1-5H3,(H2,28,30)(H,29,33)/t18?,19-,20-,23+/m1/s1. The topological polar surface area (TPSA) is 104 Å². The summed E-state index contributed by atoms with van der Waals surface area (Å²) in [4.78, 5) is 28.3. The van der Waals surface area contributed by atoms with Crippen molar-refractivity contribution in [3.63, 3.8) is 0 Å². The number of hydrogen-bond donors (Lipinski definition) is 3. The quantitative estimate of drug-likeness (QED) is 0.497. The second kappa shape index (κ2) is 9.80. The molecule has 2 amide bonds. The van der Waals surface area contributed by atoms with Crippen LogP contribution in [0.5, 0.6) is 5.75 Å². The van der Waals surface area contributed by atoms with Gasteiger partial charge in [0.2, 0.25) is 11.8 Å². The number of carbonyl (C=O) groups is 2. The normalized spacial score (nSPS) is 27.3. The summed E-state index contributed by atoms with van der Waals surface area (Å²) >= 11 is 0. The fraction of sp³-hybridized carbons (Fsp3) is 0.667. The monoisotopic (exact) mass is 484 g/mol. The van der Waals surface area contributed by atoms with Crippen molar-refractivity contribution in [1.82, 2.24) is 15.5 Å². The molecule has 2 heterocycles. The van der Waals surface area contributed by atoms with Gasteiger partial charge in [0.25, 0.3) is 0 Å². The van der Waals surface area contributed by atoms with Crippen LogP contribution >= 0.6 is 0 Å². The second-order valence-electron chi connectivity index (χ2n) is 11.0. The van der Waals surface area contributed by atoms with Crippen molar-refractivity contribution in [1.29, 1.82) is 5.41 Å². The van der Waals surface area contributed by atoms with Gasteiger partial charge >= 0.3 is 0 Å². The maximum Gasteiger partial charge on any atom is 0.231 e. The molecule has 8 nitrogen and oxygen atoms in total. The zero-order chi connectivity index (χ0) is 25.4. The van der Waals surface area contributed by atoms with Gasteiger partial charge in [-0.15, -0.1) is 0 Å². The van der Waals surface area contributed by atoms with Crippen LogP contribution in [0.1, 0.15) is 71.4 Å². The van der Waals surface area contributed by atoms with E-state index < -0.39 is 0 Å². The van der Waals surface area contributed by atoms with Crippen LogP contribution in [-0.4, -0.2) is 54.6 Å². The van der Waals surface area contributed by atoms with Crippen LogP contribution < -0.4 is 15.4 Å². The highest BCUT2D eigenvalue weighted by Gasteiger charge is 2.53. The highest BCUT2D eigenvalue weighted by Crippen LogP contribution is 2.48. The SMILES string of the molecule is CCC1(CC)CC(=O)N([C@H](CCOC)C2C[C@H]2C(=O)N[C@H]2c3ccccc3OCC2(C)C)C(=N)N1. The first-order chi connectivity index (χ1) is 16.7. The molecular formula is C27H40N4O4. The Morgan fingerprint density at radius 3 is 2.69 bits per heavy atom. The number of methoxy groups -OCH3 is 1. The predicted molar refractivity (Wildman–Crippen MR) is 134 cm³/mol. The Morgan fingerprint density at radius 2 is 2.03 bits per heavy atom. The minimum Gasteiger partial charge on any atom is -0.493 e. The minimum absolute atomic E-state index is 0.00481. The van der Waals surface area contributed by atoms with Gasteiger partial charge in [0, 0.05) is 42.2 Å². The van der Waals surface area contributed by atoms with E-state index >= 15 is 0 Å².